The van der Waals surface area contributed by atoms with E-state index in [9.17, 15) is 9.59 Å². The third-order valence-electron chi connectivity index (χ3n) is 4.32. The number of amides is 2. The standard InChI is InChI=1S/C21H14ClN3O2S3/c1-25-19(27)17(30-21(25)28)10-12-2-4-14(5-3-12)18(26)24-20-23-16(11-29-20)13-6-8-15(22)9-7-13/h2-11H,1H3,(H,23,24,26)/b17-10-. The number of hydrogen-bond donors (Lipinski definition) is 1. The molecule has 9 heteroatoms. The molecule has 3 aromatic rings. The van der Waals surface area contributed by atoms with Gasteiger partial charge in [0.05, 0.1) is 10.6 Å². The first kappa shape index (κ1) is 20.7. The summed E-state index contributed by atoms with van der Waals surface area (Å²) in [4.78, 5) is 31.1. The summed E-state index contributed by atoms with van der Waals surface area (Å²) in [5.41, 5.74) is 3.02. The first-order chi connectivity index (χ1) is 14.4. The van der Waals surface area contributed by atoms with Crippen LogP contribution < -0.4 is 5.32 Å². The van der Waals surface area contributed by atoms with Gasteiger partial charge in [0.1, 0.15) is 4.32 Å². The molecule has 2 aromatic carbocycles. The number of rotatable bonds is 4. The van der Waals surface area contributed by atoms with Crippen molar-refractivity contribution in [3.8, 4) is 11.3 Å². The summed E-state index contributed by atoms with van der Waals surface area (Å²) in [5, 5.41) is 5.87. The highest BCUT2D eigenvalue weighted by molar-refractivity contribution is 8.26. The second-order valence-corrected chi connectivity index (χ2v) is 9.33. The lowest BCUT2D eigenvalue weighted by Crippen LogP contribution is -2.22. The van der Waals surface area contributed by atoms with Crippen molar-refractivity contribution in [1.82, 2.24) is 9.88 Å². The summed E-state index contributed by atoms with van der Waals surface area (Å²) in [6.45, 7) is 0. The Labute approximate surface area is 191 Å². The number of hydrogen-bond acceptors (Lipinski definition) is 6. The van der Waals surface area contributed by atoms with Crippen molar-refractivity contribution in [2.45, 2.75) is 0 Å². The maximum atomic E-state index is 12.5. The molecular formula is C21H14ClN3O2S3. The van der Waals surface area contributed by atoms with Crippen molar-refractivity contribution in [2.75, 3.05) is 12.4 Å². The molecule has 1 fully saturated rings. The van der Waals surface area contributed by atoms with E-state index >= 15 is 0 Å². The van der Waals surface area contributed by atoms with Crippen LogP contribution in [-0.4, -0.2) is 33.1 Å². The summed E-state index contributed by atoms with van der Waals surface area (Å²) in [5.74, 6) is -0.370. The van der Waals surface area contributed by atoms with Crippen LogP contribution in [0.25, 0.3) is 17.3 Å². The highest BCUT2D eigenvalue weighted by Gasteiger charge is 2.28. The summed E-state index contributed by atoms with van der Waals surface area (Å²) in [6.07, 6.45) is 1.77. The third kappa shape index (κ3) is 4.46. The number of halogens is 1. The van der Waals surface area contributed by atoms with Gasteiger partial charge in [-0.2, -0.15) is 0 Å². The number of carbonyl (C=O) groups excluding carboxylic acids is 2. The number of carbonyl (C=O) groups is 2. The molecule has 2 amide bonds. The normalized spacial score (nSPS) is 15.1. The van der Waals surface area contributed by atoms with Gasteiger partial charge in [0.15, 0.2) is 5.13 Å². The Morgan fingerprint density at radius 2 is 1.87 bits per heavy atom. The Balaban J connectivity index is 1.44. The second kappa shape index (κ2) is 8.69. The van der Waals surface area contributed by atoms with Crippen LogP contribution in [-0.2, 0) is 4.79 Å². The quantitative estimate of drug-likeness (QED) is 0.399. The van der Waals surface area contributed by atoms with E-state index in [1.807, 2.05) is 17.5 Å². The highest BCUT2D eigenvalue weighted by Crippen LogP contribution is 2.31. The average molecular weight is 472 g/mol. The van der Waals surface area contributed by atoms with Crippen LogP contribution in [0.1, 0.15) is 15.9 Å². The van der Waals surface area contributed by atoms with Gasteiger partial charge in [-0.15, -0.1) is 11.3 Å². The molecule has 0 bridgehead atoms. The molecule has 1 aliphatic heterocycles. The molecule has 150 valence electrons. The zero-order chi connectivity index (χ0) is 21.3. The van der Waals surface area contributed by atoms with E-state index in [1.165, 1.54) is 28.0 Å². The fraction of sp³-hybridized carbons (Fsp3) is 0.0476. The predicted molar refractivity (Wildman–Crippen MR) is 128 cm³/mol. The van der Waals surface area contributed by atoms with Crippen LogP contribution in [0.3, 0.4) is 0 Å². The van der Waals surface area contributed by atoms with E-state index in [-0.39, 0.29) is 11.8 Å². The Bertz CT molecular complexity index is 1170. The number of likely N-dealkylation sites (N-methyl/N-ethyl adjacent to an activating group) is 1. The maximum absolute atomic E-state index is 12.5. The maximum Gasteiger partial charge on any atom is 0.265 e. The van der Waals surface area contributed by atoms with E-state index in [1.54, 1.807) is 49.5 Å². The Morgan fingerprint density at radius 3 is 2.50 bits per heavy atom. The van der Waals surface area contributed by atoms with E-state index < -0.39 is 0 Å². The highest BCUT2D eigenvalue weighted by atomic mass is 35.5. The number of thiazole rings is 1. The molecule has 1 aliphatic rings. The molecule has 4 rings (SSSR count). The molecule has 1 aromatic heterocycles. The van der Waals surface area contributed by atoms with Crippen molar-refractivity contribution < 1.29 is 9.59 Å². The number of aromatic nitrogens is 1. The zero-order valence-corrected chi connectivity index (χ0v) is 18.8. The SMILES string of the molecule is CN1C(=O)/C(=C/c2ccc(C(=O)Nc3nc(-c4ccc(Cl)cc4)cs3)cc2)SC1=S. The van der Waals surface area contributed by atoms with Crippen molar-refractivity contribution in [1.29, 1.82) is 0 Å². The number of thioether (sulfide) groups is 1. The minimum atomic E-state index is -0.251. The van der Waals surface area contributed by atoms with Crippen LogP contribution in [0.2, 0.25) is 5.02 Å². The van der Waals surface area contributed by atoms with Crippen LogP contribution in [0.4, 0.5) is 5.13 Å². The van der Waals surface area contributed by atoms with Gasteiger partial charge in [0.25, 0.3) is 11.8 Å². The molecule has 0 radical (unpaired) electrons. The summed E-state index contributed by atoms with van der Waals surface area (Å²) < 4.78 is 0.531. The zero-order valence-electron chi connectivity index (χ0n) is 15.6. The fourth-order valence-corrected chi connectivity index (χ4v) is 4.70. The molecule has 1 saturated heterocycles. The number of thiocarbonyl (C=S) groups is 1. The topological polar surface area (TPSA) is 62.3 Å². The van der Waals surface area contributed by atoms with Gasteiger partial charge in [0.2, 0.25) is 0 Å². The van der Waals surface area contributed by atoms with Gasteiger partial charge in [-0.1, -0.05) is 59.8 Å². The molecule has 0 saturated carbocycles. The number of benzene rings is 2. The van der Waals surface area contributed by atoms with Gasteiger partial charge in [-0.25, -0.2) is 4.98 Å². The molecule has 1 N–H and O–H groups in total. The van der Waals surface area contributed by atoms with Crippen LogP contribution in [0, 0.1) is 0 Å². The number of nitrogens with zero attached hydrogens (tertiary/aromatic N) is 2. The van der Waals surface area contributed by atoms with Gasteiger partial charge in [-0.3, -0.25) is 19.8 Å². The van der Waals surface area contributed by atoms with Crippen LogP contribution >= 0.6 is 46.9 Å². The van der Waals surface area contributed by atoms with Crippen molar-refractivity contribution in [3.05, 3.63) is 75.0 Å². The number of nitrogens with one attached hydrogen (secondary N) is 1. The molecule has 0 unspecified atom stereocenters. The molecule has 30 heavy (non-hydrogen) atoms. The largest absolute Gasteiger partial charge is 0.298 e. The smallest absolute Gasteiger partial charge is 0.265 e. The molecule has 2 heterocycles. The fourth-order valence-electron chi connectivity index (χ4n) is 2.68. The minimum Gasteiger partial charge on any atom is -0.298 e. The molecule has 5 nitrogen and oxygen atoms in total. The Morgan fingerprint density at radius 1 is 1.17 bits per heavy atom. The van der Waals surface area contributed by atoms with E-state index in [0.717, 1.165) is 16.8 Å². The first-order valence-corrected chi connectivity index (χ1v) is 11.2. The van der Waals surface area contributed by atoms with E-state index in [0.29, 0.717) is 24.9 Å². The summed E-state index contributed by atoms with van der Waals surface area (Å²) >= 11 is 13.7. The molecule has 0 aliphatic carbocycles. The van der Waals surface area contributed by atoms with Crippen molar-refractivity contribution >= 4 is 74.3 Å². The Hall–Kier alpha value is -2.52. The lowest BCUT2D eigenvalue weighted by molar-refractivity contribution is -0.121. The lowest BCUT2D eigenvalue weighted by Gasteiger charge is -2.04. The first-order valence-electron chi connectivity index (χ1n) is 8.75. The van der Waals surface area contributed by atoms with Gasteiger partial charge in [0, 0.05) is 28.6 Å². The van der Waals surface area contributed by atoms with Crippen molar-refractivity contribution in [2.24, 2.45) is 0 Å². The minimum absolute atomic E-state index is 0.118. The van der Waals surface area contributed by atoms with Crippen LogP contribution in [0.15, 0.2) is 58.8 Å². The number of anilines is 1. The van der Waals surface area contributed by atoms with Crippen LogP contribution in [0.5, 0.6) is 0 Å². The average Bonchev–Trinajstić information content (AvgIpc) is 3.30. The van der Waals surface area contributed by atoms with Gasteiger partial charge < -0.3 is 0 Å². The monoisotopic (exact) mass is 471 g/mol. The molecule has 0 spiro atoms. The van der Waals surface area contributed by atoms with Gasteiger partial charge in [-0.05, 0) is 35.9 Å². The molecule has 0 atom stereocenters. The Kier molecular flexibility index (Phi) is 6.01. The third-order valence-corrected chi connectivity index (χ3v) is 6.82. The van der Waals surface area contributed by atoms with E-state index in [2.05, 4.69) is 10.3 Å². The predicted octanol–water partition coefficient (Wildman–Crippen LogP) is 5.55. The summed E-state index contributed by atoms with van der Waals surface area (Å²) in [6, 6.07) is 14.4. The van der Waals surface area contributed by atoms with Crippen molar-refractivity contribution in [3.63, 3.8) is 0 Å². The van der Waals surface area contributed by atoms with Gasteiger partial charge >= 0.3 is 0 Å². The lowest BCUT2D eigenvalue weighted by atomic mass is 10.1. The second-order valence-electron chi connectivity index (χ2n) is 6.36. The summed E-state index contributed by atoms with van der Waals surface area (Å²) in [7, 11) is 1.66. The molecular weight excluding hydrogens is 458 g/mol. The van der Waals surface area contributed by atoms with E-state index in [4.69, 9.17) is 23.8 Å².